The molecule has 118 valence electrons. The quantitative estimate of drug-likeness (QED) is 0.750. The Kier molecular flexibility index (Phi) is 3.61. The molecule has 1 saturated carbocycles. The molecule has 1 aliphatic carbocycles. The van der Waals surface area contributed by atoms with Crippen LogP contribution in [0, 0.1) is 0 Å². The Hall–Kier alpha value is -2.56. The van der Waals surface area contributed by atoms with Crippen LogP contribution in [0.1, 0.15) is 54.4 Å². The molecule has 2 N–H and O–H groups in total. The van der Waals surface area contributed by atoms with Crippen LogP contribution in [0.5, 0.6) is 0 Å². The predicted molar refractivity (Wildman–Crippen MR) is 88.6 cm³/mol. The number of carbonyl (C=O) groups is 1. The molecule has 4 rings (SSSR count). The molecule has 1 aliphatic rings. The van der Waals surface area contributed by atoms with Crippen LogP contribution in [0.25, 0.3) is 11.0 Å². The molecule has 0 unspecified atom stereocenters. The van der Waals surface area contributed by atoms with Gasteiger partial charge in [-0.05, 0) is 43.2 Å². The van der Waals surface area contributed by atoms with Crippen LogP contribution >= 0.6 is 0 Å². The van der Waals surface area contributed by atoms with E-state index in [9.17, 15) is 4.79 Å². The zero-order valence-corrected chi connectivity index (χ0v) is 12.8. The number of aromatic amines is 1. The Morgan fingerprint density at radius 2 is 2.09 bits per heavy atom. The minimum absolute atomic E-state index is 0.252. The van der Waals surface area contributed by atoms with Crippen molar-refractivity contribution in [1.82, 2.24) is 9.97 Å². The second-order valence-electron chi connectivity index (χ2n) is 6.12. The molecule has 1 aromatic carbocycles. The van der Waals surface area contributed by atoms with Gasteiger partial charge in [-0.2, -0.15) is 0 Å². The first-order valence-corrected chi connectivity index (χ1v) is 8.14. The number of carbonyl (C=O) groups excluding carboxylic acids is 1. The van der Waals surface area contributed by atoms with Crippen LogP contribution in [-0.4, -0.2) is 15.9 Å². The monoisotopic (exact) mass is 309 g/mol. The van der Waals surface area contributed by atoms with Crippen molar-refractivity contribution in [2.24, 2.45) is 0 Å². The van der Waals surface area contributed by atoms with Crippen molar-refractivity contribution in [3.8, 4) is 0 Å². The summed E-state index contributed by atoms with van der Waals surface area (Å²) in [4.78, 5) is 20.2. The molecule has 23 heavy (non-hydrogen) atoms. The summed E-state index contributed by atoms with van der Waals surface area (Å²) in [6.45, 7) is 0. The molecular formula is C18H19N3O2. The Bertz CT molecular complexity index is 814. The van der Waals surface area contributed by atoms with Gasteiger partial charge < -0.3 is 14.7 Å². The maximum atomic E-state index is 12.0. The number of nitrogens with one attached hydrogen (secondary N) is 2. The van der Waals surface area contributed by atoms with Crippen molar-refractivity contribution in [3.63, 3.8) is 0 Å². The molecule has 2 heterocycles. The summed E-state index contributed by atoms with van der Waals surface area (Å²) in [7, 11) is 0. The lowest BCUT2D eigenvalue weighted by molar-refractivity contribution is 0.0996. The number of hydrogen-bond donors (Lipinski definition) is 2. The van der Waals surface area contributed by atoms with Crippen molar-refractivity contribution >= 4 is 22.6 Å². The van der Waals surface area contributed by atoms with Crippen molar-refractivity contribution in [3.05, 3.63) is 48.2 Å². The topological polar surface area (TPSA) is 70.9 Å². The second-order valence-corrected chi connectivity index (χ2v) is 6.12. The number of imidazole rings is 1. The van der Waals surface area contributed by atoms with Gasteiger partial charge in [0, 0.05) is 11.6 Å². The Balaban J connectivity index is 1.56. The second kappa shape index (κ2) is 5.91. The average Bonchev–Trinajstić information content (AvgIpc) is 3.25. The summed E-state index contributed by atoms with van der Waals surface area (Å²) < 4.78 is 5.10. The van der Waals surface area contributed by atoms with Crippen LogP contribution in [0.2, 0.25) is 0 Å². The third kappa shape index (κ3) is 2.86. The largest absolute Gasteiger partial charge is 0.459 e. The minimum atomic E-state index is -0.252. The van der Waals surface area contributed by atoms with E-state index in [-0.39, 0.29) is 5.91 Å². The van der Waals surface area contributed by atoms with E-state index in [0.29, 0.717) is 11.7 Å². The number of amides is 1. The highest BCUT2D eigenvalue weighted by atomic mass is 16.3. The first-order chi connectivity index (χ1) is 11.3. The molecule has 0 atom stereocenters. The van der Waals surface area contributed by atoms with E-state index in [4.69, 9.17) is 9.40 Å². The molecule has 5 nitrogen and oxygen atoms in total. The molecular weight excluding hydrogens is 290 g/mol. The van der Waals surface area contributed by atoms with Gasteiger partial charge in [0.25, 0.3) is 5.91 Å². The average molecular weight is 309 g/mol. The zero-order chi connectivity index (χ0) is 15.6. The summed E-state index contributed by atoms with van der Waals surface area (Å²) >= 11 is 0. The molecule has 1 amide bonds. The van der Waals surface area contributed by atoms with Crippen molar-refractivity contribution < 1.29 is 9.21 Å². The molecule has 1 fully saturated rings. The third-order valence-corrected chi connectivity index (χ3v) is 4.50. The number of benzene rings is 1. The van der Waals surface area contributed by atoms with Crippen molar-refractivity contribution in [2.45, 2.75) is 38.0 Å². The van der Waals surface area contributed by atoms with E-state index in [1.54, 1.807) is 12.1 Å². The van der Waals surface area contributed by atoms with Gasteiger partial charge in [0.15, 0.2) is 5.76 Å². The van der Waals surface area contributed by atoms with Gasteiger partial charge in [-0.15, -0.1) is 0 Å². The maximum Gasteiger partial charge on any atom is 0.291 e. The van der Waals surface area contributed by atoms with Gasteiger partial charge in [-0.1, -0.05) is 19.3 Å². The van der Waals surface area contributed by atoms with E-state index in [1.165, 1.54) is 38.4 Å². The van der Waals surface area contributed by atoms with E-state index in [0.717, 1.165) is 22.5 Å². The lowest BCUT2D eigenvalue weighted by Crippen LogP contribution is -2.10. The van der Waals surface area contributed by atoms with Crippen LogP contribution in [0.3, 0.4) is 0 Å². The third-order valence-electron chi connectivity index (χ3n) is 4.50. The number of rotatable bonds is 3. The van der Waals surface area contributed by atoms with Crippen LogP contribution in [0.4, 0.5) is 5.69 Å². The van der Waals surface area contributed by atoms with E-state index in [2.05, 4.69) is 10.3 Å². The van der Waals surface area contributed by atoms with Gasteiger partial charge >= 0.3 is 0 Å². The maximum absolute atomic E-state index is 12.0. The molecule has 5 heteroatoms. The van der Waals surface area contributed by atoms with Crippen LogP contribution < -0.4 is 5.32 Å². The smallest absolute Gasteiger partial charge is 0.291 e. The van der Waals surface area contributed by atoms with Gasteiger partial charge in [0.1, 0.15) is 5.82 Å². The number of hydrogen-bond acceptors (Lipinski definition) is 3. The first-order valence-electron chi connectivity index (χ1n) is 8.14. The fourth-order valence-electron chi connectivity index (χ4n) is 3.27. The summed E-state index contributed by atoms with van der Waals surface area (Å²) in [5, 5.41) is 2.84. The summed E-state index contributed by atoms with van der Waals surface area (Å²) in [6, 6.07) is 9.09. The number of nitrogens with zero attached hydrogens (tertiary/aromatic N) is 1. The Labute approximate surface area is 134 Å². The predicted octanol–water partition coefficient (Wildman–Crippen LogP) is 4.46. The number of anilines is 1. The van der Waals surface area contributed by atoms with Gasteiger partial charge in [-0.25, -0.2) is 4.98 Å². The molecule has 0 bridgehead atoms. The fraction of sp³-hybridized carbons (Fsp3) is 0.333. The number of H-pyrrole nitrogens is 1. The molecule has 0 radical (unpaired) electrons. The van der Waals surface area contributed by atoms with Crippen molar-refractivity contribution in [2.75, 3.05) is 5.32 Å². The van der Waals surface area contributed by atoms with Gasteiger partial charge in [-0.3, -0.25) is 4.79 Å². The summed E-state index contributed by atoms with van der Waals surface area (Å²) in [6.07, 6.45) is 7.81. The van der Waals surface area contributed by atoms with Gasteiger partial charge in [0.2, 0.25) is 0 Å². The molecule has 0 saturated heterocycles. The molecule has 2 aromatic heterocycles. The zero-order valence-electron chi connectivity index (χ0n) is 12.8. The van der Waals surface area contributed by atoms with E-state index < -0.39 is 0 Å². The number of aromatic nitrogens is 2. The highest BCUT2D eigenvalue weighted by Crippen LogP contribution is 2.32. The molecule has 0 aliphatic heterocycles. The fourth-order valence-corrected chi connectivity index (χ4v) is 3.27. The van der Waals surface area contributed by atoms with E-state index in [1.807, 2.05) is 18.2 Å². The highest BCUT2D eigenvalue weighted by molar-refractivity contribution is 6.03. The van der Waals surface area contributed by atoms with Gasteiger partial charge in [0.05, 0.1) is 17.3 Å². The lowest BCUT2D eigenvalue weighted by atomic mass is 9.89. The standard InChI is InChI=1S/C18H19N3O2/c22-18(16-7-4-10-23-16)19-13-8-9-14-15(11-13)21-17(20-14)12-5-2-1-3-6-12/h4,7-12H,1-3,5-6H2,(H,19,22)(H,20,21). The minimum Gasteiger partial charge on any atom is -0.459 e. The summed E-state index contributed by atoms with van der Waals surface area (Å²) in [5.74, 6) is 1.67. The molecule has 0 spiro atoms. The SMILES string of the molecule is O=C(Nc1ccc2[nH]c(C3CCCCC3)nc2c1)c1ccco1. The normalized spacial score (nSPS) is 15.8. The van der Waals surface area contributed by atoms with Crippen LogP contribution in [-0.2, 0) is 0 Å². The first kappa shape index (κ1) is 14.1. The van der Waals surface area contributed by atoms with Crippen LogP contribution in [0.15, 0.2) is 41.0 Å². The summed E-state index contributed by atoms with van der Waals surface area (Å²) in [5.41, 5.74) is 2.63. The van der Waals surface area contributed by atoms with E-state index >= 15 is 0 Å². The Morgan fingerprint density at radius 1 is 1.22 bits per heavy atom. The number of fused-ring (bicyclic) bond motifs is 1. The highest BCUT2D eigenvalue weighted by Gasteiger charge is 2.19. The molecule has 3 aromatic rings. The Morgan fingerprint density at radius 3 is 2.87 bits per heavy atom. The number of furan rings is 1. The lowest BCUT2D eigenvalue weighted by Gasteiger charge is -2.18. The van der Waals surface area contributed by atoms with Crippen molar-refractivity contribution in [1.29, 1.82) is 0 Å².